The number of methoxy groups -OCH3 is 1. The van der Waals surface area contributed by atoms with Crippen LogP contribution in [0.5, 0.6) is 0 Å². The normalized spacial score (nSPS) is 16.9. The molecule has 1 aliphatic rings. The SMILES string of the molecule is COCCCNC(=NCC1CC1)NN. The summed E-state index contributed by atoms with van der Waals surface area (Å²) in [5, 5.41) is 3.12. The first kappa shape index (κ1) is 11.3. The van der Waals surface area contributed by atoms with Crippen molar-refractivity contribution in [2.24, 2.45) is 16.8 Å². The van der Waals surface area contributed by atoms with E-state index in [0.29, 0.717) is 5.96 Å². The zero-order valence-corrected chi connectivity index (χ0v) is 8.75. The van der Waals surface area contributed by atoms with Crippen molar-refractivity contribution in [3.05, 3.63) is 0 Å². The summed E-state index contributed by atoms with van der Waals surface area (Å²) < 4.78 is 4.93. The monoisotopic (exact) mass is 200 g/mol. The molecule has 0 aromatic rings. The summed E-state index contributed by atoms with van der Waals surface area (Å²) in [6.07, 6.45) is 3.58. The minimum atomic E-state index is 0.688. The van der Waals surface area contributed by atoms with Gasteiger partial charge in [-0.15, -0.1) is 0 Å². The molecule has 0 atom stereocenters. The van der Waals surface area contributed by atoms with E-state index in [1.807, 2.05) is 0 Å². The van der Waals surface area contributed by atoms with Crippen LogP contribution in [0, 0.1) is 5.92 Å². The second-order valence-corrected chi connectivity index (χ2v) is 3.55. The van der Waals surface area contributed by atoms with E-state index >= 15 is 0 Å². The highest BCUT2D eigenvalue weighted by Gasteiger charge is 2.20. The lowest BCUT2D eigenvalue weighted by Gasteiger charge is -2.08. The van der Waals surface area contributed by atoms with Crippen LogP contribution in [0.1, 0.15) is 19.3 Å². The number of hydrogen-bond donors (Lipinski definition) is 3. The van der Waals surface area contributed by atoms with Gasteiger partial charge in [0.15, 0.2) is 0 Å². The Labute approximate surface area is 85.1 Å². The molecule has 5 nitrogen and oxygen atoms in total. The van der Waals surface area contributed by atoms with Crippen molar-refractivity contribution in [3.8, 4) is 0 Å². The Balaban J connectivity index is 2.06. The van der Waals surface area contributed by atoms with E-state index in [2.05, 4.69) is 15.7 Å². The fourth-order valence-corrected chi connectivity index (χ4v) is 1.10. The summed E-state index contributed by atoms with van der Waals surface area (Å²) in [6, 6.07) is 0. The Morgan fingerprint density at radius 2 is 2.36 bits per heavy atom. The molecule has 0 aromatic heterocycles. The molecule has 0 unspecified atom stereocenters. The molecule has 0 saturated heterocycles. The van der Waals surface area contributed by atoms with Gasteiger partial charge < -0.3 is 10.1 Å². The van der Waals surface area contributed by atoms with E-state index < -0.39 is 0 Å². The maximum absolute atomic E-state index is 5.32. The number of guanidine groups is 1. The van der Waals surface area contributed by atoms with E-state index in [0.717, 1.165) is 32.0 Å². The van der Waals surface area contributed by atoms with Crippen LogP contribution in [0.25, 0.3) is 0 Å². The van der Waals surface area contributed by atoms with E-state index in [-0.39, 0.29) is 0 Å². The summed E-state index contributed by atoms with van der Waals surface area (Å²) in [4.78, 5) is 4.33. The molecule has 0 radical (unpaired) electrons. The average molecular weight is 200 g/mol. The van der Waals surface area contributed by atoms with Gasteiger partial charge in [0, 0.05) is 26.8 Å². The molecule has 0 aliphatic heterocycles. The van der Waals surface area contributed by atoms with Crippen LogP contribution >= 0.6 is 0 Å². The fourth-order valence-electron chi connectivity index (χ4n) is 1.10. The summed E-state index contributed by atoms with van der Waals surface area (Å²) in [5.41, 5.74) is 2.56. The van der Waals surface area contributed by atoms with Crippen molar-refractivity contribution in [2.75, 3.05) is 26.8 Å². The van der Waals surface area contributed by atoms with Gasteiger partial charge in [0.2, 0.25) is 5.96 Å². The van der Waals surface area contributed by atoms with E-state index in [1.54, 1.807) is 7.11 Å². The third-order valence-corrected chi connectivity index (χ3v) is 2.16. The van der Waals surface area contributed by atoms with Crippen LogP contribution in [0.4, 0.5) is 0 Å². The zero-order chi connectivity index (χ0) is 10.2. The molecule has 14 heavy (non-hydrogen) atoms. The smallest absolute Gasteiger partial charge is 0.205 e. The summed E-state index contributed by atoms with van der Waals surface area (Å²) >= 11 is 0. The van der Waals surface area contributed by atoms with Gasteiger partial charge in [-0.2, -0.15) is 0 Å². The highest BCUT2D eigenvalue weighted by Crippen LogP contribution is 2.28. The van der Waals surface area contributed by atoms with Gasteiger partial charge in [0.1, 0.15) is 0 Å². The Bertz CT molecular complexity index is 180. The van der Waals surface area contributed by atoms with Crippen molar-refractivity contribution in [1.29, 1.82) is 0 Å². The Morgan fingerprint density at radius 3 is 2.93 bits per heavy atom. The minimum Gasteiger partial charge on any atom is -0.385 e. The maximum atomic E-state index is 5.32. The van der Waals surface area contributed by atoms with Crippen LogP contribution < -0.4 is 16.6 Å². The summed E-state index contributed by atoms with van der Waals surface area (Å²) in [6.45, 7) is 2.48. The van der Waals surface area contributed by atoms with E-state index in [1.165, 1.54) is 12.8 Å². The molecule has 1 rings (SSSR count). The van der Waals surface area contributed by atoms with Gasteiger partial charge >= 0.3 is 0 Å². The molecular weight excluding hydrogens is 180 g/mol. The number of nitrogens with zero attached hydrogens (tertiary/aromatic N) is 1. The van der Waals surface area contributed by atoms with Crippen molar-refractivity contribution in [3.63, 3.8) is 0 Å². The van der Waals surface area contributed by atoms with Gasteiger partial charge in [0.25, 0.3) is 0 Å². The van der Waals surface area contributed by atoms with Crippen LogP contribution in [0.3, 0.4) is 0 Å². The largest absolute Gasteiger partial charge is 0.385 e. The van der Waals surface area contributed by atoms with Crippen LogP contribution in [0.15, 0.2) is 4.99 Å². The molecule has 1 aliphatic carbocycles. The van der Waals surface area contributed by atoms with Gasteiger partial charge in [0.05, 0.1) is 0 Å². The summed E-state index contributed by atoms with van der Waals surface area (Å²) in [7, 11) is 1.70. The maximum Gasteiger partial charge on any atom is 0.205 e. The van der Waals surface area contributed by atoms with Gasteiger partial charge in [-0.1, -0.05) is 0 Å². The Morgan fingerprint density at radius 1 is 1.57 bits per heavy atom. The molecular formula is C9H20N4O. The number of nitrogens with one attached hydrogen (secondary N) is 2. The van der Waals surface area contributed by atoms with Crippen molar-refractivity contribution < 1.29 is 4.74 Å². The van der Waals surface area contributed by atoms with Crippen LogP contribution in [-0.2, 0) is 4.74 Å². The van der Waals surface area contributed by atoms with Crippen LogP contribution in [0.2, 0.25) is 0 Å². The second-order valence-electron chi connectivity index (χ2n) is 3.55. The molecule has 4 N–H and O–H groups in total. The quantitative estimate of drug-likeness (QED) is 0.183. The lowest BCUT2D eigenvalue weighted by atomic mass is 10.4. The number of rotatable bonds is 6. The number of hydrogen-bond acceptors (Lipinski definition) is 3. The molecule has 0 bridgehead atoms. The molecule has 82 valence electrons. The highest BCUT2D eigenvalue weighted by molar-refractivity contribution is 5.79. The lowest BCUT2D eigenvalue weighted by Crippen LogP contribution is -2.42. The third-order valence-electron chi connectivity index (χ3n) is 2.16. The first-order chi connectivity index (χ1) is 6.86. The first-order valence-corrected chi connectivity index (χ1v) is 5.10. The van der Waals surface area contributed by atoms with Gasteiger partial charge in [-0.3, -0.25) is 10.4 Å². The Kier molecular flexibility index (Phi) is 5.32. The van der Waals surface area contributed by atoms with Gasteiger partial charge in [-0.25, -0.2) is 5.84 Å². The van der Waals surface area contributed by atoms with Gasteiger partial charge in [-0.05, 0) is 25.2 Å². The first-order valence-electron chi connectivity index (χ1n) is 5.10. The molecule has 1 fully saturated rings. The number of ether oxygens (including phenoxy) is 1. The molecule has 5 heteroatoms. The summed E-state index contributed by atoms with van der Waals surface area (Å²) in [5.74, 6) is 6.80. The number of aliphatic imine (C=N–C) groups is 1. The molecule has 0 spiro atoms. The lowest BCUT2D eigenvalue weighted by molar-refractivity contribution is 0.195. The standard InChI is InChI=1S/C9H20N4O/c1-14-6-2-5-11-9(13-10)12-7-8-3-4-8/h8H,2-7,10H2,1H3,(H2,11,12,13). The number of hydrazine groups is 1. The second kappa shape index (κ2) is 6.62. The molecule has 1 saturated carbocycles. The van der Waals surface area contributed by atoms with E-state index in [4.69, 9.17) is 10.6 Å². The third kappa shape index (κ3) is 5.04. The molecule has 0 aromatic carbocycles. The van der Waals surface area contributed by atoms with Crippen molar-refractivity contribution >= 4 is 5.96 Å². The van der Waals surface area contributed by atoms with Crippen LogP contribution in [-0.4, -0.2) is 32.8 Å². The van der Waals surface area contributed by atoms with Crippen molar-refractivity contribution in [2.45, 2.75) is 19.3 Å². The molecule has 0 amide bonds. The van der Waals surface area contributed by atoms with Crippen molar-refractivity contribution in [1.82, 2.24) is 10.7 Å². The minimum absolute atomic E-state index is 0.688. The predicted octanol–water partition coefficient (Wildman–Crippen LogP) is -0.158. The predicted molar refractivity (Wildman–Crippen MR) is 56.8 cm³/mol. The number of nitrogens with two attached hydrogens (primary N) is 1. The zero-order valence-electron chi connectivity index (χ0n) is 8.75. The topological polar surface area (TPSA) is 71.7 Å². The molecule has 0 heterocycles. The fraction of sp³-hybridized carbons (Fsp3) is 0.889. The Hall–Kier alpha value is -0.810. The average Bonchev–Trinajstić information content (AvgIpc) is 3.01. The highest BCUT2D eigenvalue weighted by atomic mass is 16.5. The van der Waals surface area contributed by atoms with E-state index in [9.17, 15) is 0 Å².